The molecule has 0 aromatic heterocycles. The van der Waals surface area contributed by atoms with Gasteiger partial charge in [0.15, 0.2) is 0 Å². The first-order valence-corrected chi connectivity index (χ1v) is 7.72. The number of halogens is 1. The molecule has 0 saturated carbocycles. The molecule has 0 aliphatic heterocycles. The number of nitro groups is 1. The van der Waals surface area contributed by atoms with Crippen LogP contribution in [0.1, 0.15) is 20.3 Å². The number of hydrogen-bond acceptors (Lipinski definition) is 5. The number of benzene rings is 1. The van der Waals surface area contributed by atoms with Gasteiger partial charge in [-0.3, -0.25) is 10.1 Å². The van der Waals surface area contributed by atoms with Gasteiger partial charge in [0.1, 0.15) is 10.7 Å². The molecule has 7 nitrogen and oxygen atoms in total. The van der Waals surface area contributed by atoms with E-state index in [0.29, 0.717) is 12.5 Å². The molecule has 1 atom stereocenters. The van der Waals surface area contributed by atoms with Gasteiger partial charge < -0.3 is 5.11 Å². The second-order valence-electron chi connectivity index (χ2n) is 5.00. The van der Waals surface area contributed by atoms with Crippen molar-refractivity contribution in [1.29, 1.82) is 0 Å². The van der Waals surface area contributed by atoms with E-state index in [9.17, 15) is 22.9 Å². The molecule has 1 rings (SSSR count). The van der Waals surface area contributed by atoms with Crippen LogP contribution in [0.25, 0.3) is 0 Å². The summed E-state index contributed by atoms with van der Waals surface area (Å²) in [6.45, 7) is 3.28. The van der Waals surface area contributed by atoms with Crippen molar-refractivity contribution in [2.75, 3.05) is 6.61 Å². The topological polar surface area (TPSA) is 110 Å². The van der Waals surface area contributed by atoms with Gasteiger partial charge in [0, 0.05) is 12.1 Å². The summed E-state index contributed by atoms with van der Waals surface area (Å²) in [6.07, 6.45) is 0.379. The minimum Gasteiger partial charge on any atom is -0.395 e. The van der Waals surface area contributed by atoms with Gasteiger partial charge in [-0.15, -0.1) is 0 Å². The SMILES string of the molecule is CC(C)CC(CO)NS(=O)(=O)c1ccc([N+](=O)[O-])cc1F. The highest BCUT2D eigenvalue weighted by Gasteiger charge is 2.25. The van der Waals surface area contributed by atoms with Gasteiger partial charge in [0.25, 0.3) is 5.69 Å². The number of hydrogen-bond donors (Lipinski definition) is 2. The predicted molar refractivity (Wildman–Crippen MR) is 73.7 cm³/mol. The van der Waals surface area contributed by atoms with Gasteiger partial charge in [-0.1, -0.05) is 13.8 Å². The van der Waals surface area contributed by atoms with Crippen LogP contribution in [0.4, 0.5) is 10.1 Å². The zero-order chi connectivity index (χ0) is 16.2. The second-order valence-corrected chi connectivity index (χ2v) is 6.68. The van der Waals surface area contributed by atoms with Crippen LogP contribution in [0.15, 0.2) is 23.1 Å². The Kier molecular flexibility index (Phi) is 5.76. The van der Waals surface area contributed by atoms with Crippen LogP contribution in [0, 0.1) is 21.8 Å². The van der Waals surface area contributed by atoms with Crippen molar-refractivity contribution in [3.05, 3.63) is 34.1 Å². The molecule has 9 heteroatoms. The molecule has 118 valence electrons. The van der Waals surface area contributed by atoms with E-state index in [1.807, 2.05) is 13.8 Å². The molecule has 0 heterocycles. The Morgan fingerprint density at radius 3 is 2.48 bits per heavy atom. The fraction of sp³-hybridized carbons (Fsp3) is 0.500. The van der Waals surface area contributed by atoms with Gasteiger partial charge in [-0.2, -0.15) is 0 Å². The van der Waals surface area contributed by atoms with Crippen molar-refractivity contribution in [3.63, 3.8) is 0 Å². The molecular weight excluding hydrogens is 303 g/mol. The zero-order valence-corrected chi connectivity index (χ0v) is 12.4. The lowest BCUT2D eigenvalue weighted by atomic mass is 10.1. The third-order valence-corrected chi connectivity index (χ3v) is 4.27. The van der Waals surface area contributed by atoms with E-state index in [-0.39, 0.29) is 5.92 Å². The second kappa shape index (κ2) is 6.92. The van der Waals surface area contributed by atoms with Crippen molar-refractivity contribution >= 4 is 15.7 Å². The van der Waals surface area contributed by atoms with Gasteiger partial charge in [-0.05, 0) is 18.4 Å². The first kappa shape index (κ1) is 17.5. The molecule has 0 aliphatic carbocycles. The van der Waals surface area contributed by atoms with Crippen LogP contribution < -0.4 is 4.72 Å². The number of nitrogens with one attached hydrogen (secondary N) is 1. The number of rotatable bonds is 7. The monoisotopic (exact) mass is 320 g/mol. The molecule has 0 saturated heterocycles. The molecule has 0 spiro atoms. The average molecular weight is 320 g/mol. The minimum absolute atomic E-state index is 0.131. The molecule has 0 fully saturated rings. The van der Waals surface area contributed by atoms with E-state index in [2.05, 4.69) is 4.72 Å². The quantitative estimate of drug-likeness (QED) is 0.583. The van der Waals surface area contributed by atoms with E-state index >= 15 is 0 Å². The molecular formula is C12H17FN2O5S. The summed E-state index contributed by atoms with van der Waals surface area (Å²) >= 11 is 0. The Morgan fingerprint density at radius 2 is 2.05 bits per heavy atom. The Balaban J connectivity index is 3.05. The van der Waals surface area contributed by atoms with Crippen molar-refractivity contribution in [1.82, 2.24) is 4.72 Å². The molecule has 1 aromatic rings. The smallest absolute Gasteiger partial charge is 0.272 e. The van der Waals surface area contributed by atoms with Gasteiger partial charge >= 0.3 is 0 Å². The van der Waals surface area contributed by atoms with Gasteiger partial charge in [-0.25, -0.2) is 17.5 Å². The molecule has 0 radical (unpaired) electrons. The molecule has 1 aromatic carbocycles. The highest BCUT2D eigenvalue weighted by atomic mass is 32.2. The largest absolute Gasteiger partial charge is 0.395 e. The molecule has 21 heavy (non-hydrogen) atoms. The number of non-ortho nitro benzene ring substituents is 1. The van der Waals surface area contributed by atoms with E-state index in [1.54, 1.807) is 0 Å². The van der Waals surface area contributed by atoms with Crippen molar-refractivity contribution in [2.24, 2.45) is 5.92 Å². The fourth-order valence-electron chi connectivity index (χ4n) is 1.83. The third kappa shape index (κ3) is 4.73. The van der Waals surface area contributed by atoms with Crippen LogP contribution in [-0.2, 0) is 10.0 Å². The lowest BCUT2D eigenvalue weighted by Gasteiger charge is -2.18. The van der Waals surface area contributed by atoms with Crippen LogP contribution >= 0.6 is 0 Å². The summed E-state index contributed by atoms with van der Waals surface area (Å²) in [5.41, 5.74) is -0.535. The van der Waals surface area contributed by atoms with Crippen molar-refractivity contribution < 1.29 is 22.8 Å². The summed E-state index contributed by atoms with van der Waals surface area (Å²) in [6, 6.07) is 1.54. The summed E-state index contributed by atoms with van der Waals surface area (Å²) in [5, 5.41) is 19.7. The number of aliphatic hydroxyl groups excluding tert-OH is 1. The number of sulfonamides is 1. The van der Waals surface area contributed by atoms with Crippen LogP contribution in [0.5, 0.6) is 0 Å². The first-order chi connectivity index (χ1) is 9.67. The first-order valence-electron chi connectivity index (χ1n) is 6.24. The number of nitro benzene ring substituents is 1. The molecule has 0 bridgehead atoms. The van der Waals surface area contributed by atoms with E-state index in [1.165, 1.54) is 0 Å². The maximum Gasteiger partial charge on any atom is 0.272 e. The Hall–Kier alpha value is -1.58. The Bertz CT molecular complexity index is 618. The molecule has 2 N–H and O–H groups in total. The lowest BCUT2D eigenvalue weighted by molar-refractivity contribution is -0.385. The van der Waals surface area contributed by atoms with Crippen molar-refractivity contribution in [2.45, 2.75) is 31.2 Å². The summed E-state index contributed by atoms with van der Waals surface area (Å²) in [7, 11) is -4.20. The number of nitrogens with zero attached hydrogens (tertiary/aromatic N) is 1. The van der Waals surface area contributed by atoms with Gasteiger partial charge in [0.2, 0.25) is 10.0 Å². The summed E-state index contributed by atoms with van der Waals surface area (Å²) in [4.78, 5) is 9.00. The Labute approximate surface area is 122 Å². The van der Waals surface area contributed by atoms with Crippen LogP contribution in [-0.4, -0.2) is 31.1 Å². The fourth-order valence-corrected chi connectivity index (χ4v) is 3.13. The van der Waals surface area contributed by atoms with Gasteiger partial charge in [0.05, 0.1) is 17.6 Å². The average Bonchev–Trinajstić information content (AvgIpc) is 2.36. The van der Waals surface area contributed by atoms with E-state index in [0.717, 1.165) is 12.1 Å². The predicted octanol–water partition coefficient (Wildman–Crippen LogP) is 1.42. The van der Waals surface area contributed by atoms with Crippen LogP contribution in [0.2, 0.25) is 0 Å². The third-order valence-electron chi connectivity index (χ3n) is 2.71. The Morgan fingerprint density at radius 1 is 1.43 bits per heavy atom. The standard InChI is InChI=1S/C12H17FN2O5S/c1-8(2)5-9(7-16)14-21(19,20)12-4-3-10(15(17)18)6-11(12)13/h3-4,6,8-9,14,16H,5,7H2,1-2H3. The highest BCUT2D eigenvalue weighted by Crippen LogP contribution is 2.21. The summed E-state index contributed by atoms with van der Waals surface area (Å²) in [5.74, 6) is -1.08. The maximum absolute atomic E-state index is 13.7. The minimum atomic E-state index is -4.20. The highest BCUT2D eigenvalue weighted by molar-refractivity contribution is 7.89. The zero-order valence-electron chi connectivity index (χ0n) is 11.6. The maximum atomic E-state index is 13.7. The van der Waals surface area contributed by atoms with E-state index < -0.39 is 44.0 Å². The molecule has 0 amide bonds. The lowest BCUT2D eigenvalue weighted by Crippen LogP contribution is -2.38. The molecule has 0 aliphatic rings. The normalized spacial score (nSPS) is 13.4. The van der Waals surface area contributed by atoms with Crippen molar-refractivity contribution in [3.8, 4) is 0 Å². The van der Waals surface area contributed by atoms with Crippen LogP contribution in [0.3, 0.4) is 0 Å². The van der Waals surface area contributed by atoms with E-state index in [4.69, 9.17) is 5.11 Å². The number of aliphatic hydroxyl groups is 1. The molecule has 1 unspecified atom stereocenters. The summed E-state index contributed by atoms with van der Waals surface area (Å²) < 4.78 is 40.0.